The van der Waals surface area contributed by atoms with Crippen molar-refractivity contribution >= 4 is 38.3 Å². The predicted octanol–water partition coefficient (Wildman–Crippen LogP) is 2.71. The van der Waals surface area contributed by atoms with Gasteiger partial charge in [-0.2, -0.15) is 4.72 Å². The molecule has 3 aromatic rings. The summed E-state index contributed by atoms with van der Waals surface area (Å²) in [7, 11) is -3.81. The Balaban J connectivity index is 1.95. The number of amides is 1. The fourth-order valence-corrected chi connectivity index (χ4v) is 5.14. The van der Waals surface area contributed by atoms with Crippen LogP contribution in [-0.4, -0.2) is 24.3 Å². The van der Waals surface area contributed by atoms with Crippen molar-refractivity contribution in [3.63, 3.8) is 0 Å². The van der Waals surface area contributed by atoms with Crippen molar-refractivity contribution < 1.29 is 13.2 Å². The molecule has 1 atom stereocenters. The van der Waals surface area contributed by atoms with Crippen LogP contribution in [0.3, 0.4) is 0 Å². The van der Waals surface area contributed by atoms with Crippen LogP contribution in [0.5, 0.6) is 0 Å². The zero-order chi connectivity index (χ0) is 19.1. The molecule has 0 aliphatic carbocycles. The molecule has 0 radical (unpaired) electrons. The van der Waals surface area contributed by atoms with Gasteiger partial charge in [0.05, 0.1) is 22.6 Å². The third-order valence-corrected chi connectivity index (χ3v) is 6.90. The topological polar surface area (TPSA) is 118 Å². The number of carbonyl (C=O) groups is 1. The van der Waals surface area contributed by atoms with E-state index in [4.69, 9.17) is 5.73 Å². The first-order valence-corrected chi connectivity index (χ1v) is 10.4. The molecule has 26 heavy (non-hydrogen) atoms. The summed E-state index contributed by atoms with van der Waals surface area (Å²) < 4.78 is 28.2. The van der Waals surface area contributed by atoms with Crippen molar-refractivity contribution in [1.82, 2.24) is 14.7 Å². The van der Waals surface area contributed by atoms with Crippen molar-refractivity contribution in [1.29, 1.82) is 0 Å². The van der Waals surface area contributed by atoms with Gasteiger partial charge in [0.15, 0.2) is 0 Å². The fraction of sp³-hybridized carbons (Fsp3) is 0.294. The number of aromatic nitrogens is 2. The lowest BCUT2D eigenvalue weighted by Gasteiger charge is -2.19. The number of hydrogen-bond donors (Lipinski definition) is 3. The molecule has 0 aliphatic rings. The van der Waals surface area contributed by atoms with Crippen LogP contribution in [-0.2, 0) is 10.0 Å². The minimum absolute atomic E-state index is 0.0398. The fourth-order valence-electron chi connectivity index (χ4n) is 2.61. The molecule has 0 saturated carbocycles. The SMILES string of the molecule is Cc1ccc2nc([C@@H](NS(=O)(=O)c3cc(C(N)=O)cs3)C(C)C)[nH]c2c1. The summed E-state index contributed by atoms with van der Waals surface area (Å²) in [5, 5.41) is 1.44. The molecule has 3 rings (SSSR count). The summed E-state index contributed by atoms with van der Waals surface area (Å²) in [6, 6.07) is 6.57. The summed E-state index contributed by atoms with van der Waals surface area (Å²) in [4.78, 5) is 19.0. The highest BCUT2D eigenvalue weighted by Gasteiger charge is 2.27. The molecule has 9 heteroatoms. The second-order valence-corrected chi connectivity index (χ2v) is 9.36. The van der Waals surface area contributed by atoms with Crippen LogP contribution < -0.4 is 10.5 Å². The van der Waals surface area contributed by atoms with Crippen molar-refractivity contribution in [3.05, 3.63) is 46.6 Å². The number of fused-ring (bicyclic) bond motifs is 1. The normalized spacial score (nSPS) is 13.4. The molecule has 0 aliphatic heterocycles. The van der Waals surface area contributed by atoms with Crippen LogP contribution in [0.25, 0.3) is 11.0 Å². The van der Waals surface area contributed by atoms with Gasteiger partial charge in [-0.3, -0.25) is 4.79 Å². The van der Waals surface area contributed by atoms with Crippen LogP contribution in [0.4, 0.5) is 0 Å². The predicted molar refractivity (Wildman–Crippen MR) is 102 cm³/mol. The Bertz CT molecular complexity index is 1070. The highest BCUT2D eigenvalue weighted by Crippen LogP contribution is 2.27. The highest BCUT2D eigenvalue weighted by atomic mass is 32.2. The number of nitrogens with zero attached hydrogens (tertiary/aromatic N) is 1. The number of hydrogen-bond acceptors (Lipinski definition) is 5. The number of rotatable bonds is 6. The quantitative estimate of drug-likeness (QED) is 0.598. The summed E-state index contributed by atoms with van der Waals surface area (Å²) in [5.41, 5.74) is 8.11. The number of primary amides is 1. The summed E-state index contributed by atoms with van der Waals surface area (Å²) in [5.74, 6) is -0.145. The van der Waals surface area contributed by atoms with Crippen LogP contribution in [0.15, 0.2) is 33.9 Å². The molecular formula is C17H20N4O3S2. The first kappa shape index (κ1) is 18.6. The summed E-state index contributed by atoms with van der Waals surface area (Å²) in [6.07, 6.45) is 0. The minimum atomic E-state index is -3.81. The molecule has 0 spiro atoms. The van der Waals surface area contributed by atoms with Gasteiger partial charge in [-0.1, -0.05) is 19.9 Å². The van der Waals surface area contributed by atoms with Crippen molar-refractivity contribution in [2.24, 2.45) is 11.7 Å². The van der Waals surface area contributed by atoms with Gasteiger partial charge >= 0.3 is 0 Å². The molecule has 7 nitrogen and oxygen atoms in total. The van der Waals surface area contributed by atoms with Gasteiger partial charge in [0.25, 0.3) is 10.0 Å². The molecule has 2 aromatic heterocycles. The lowest BCUT2D eigenvalue weighted by Crippen LogP contribution is -2.32. The van der Waals surface area contributed by atoms with E-state index in [9.17, 15) is 13.2 Å². The largest absolute Gasteiger partial charge is 0.366 e. The van der Waals surface area contributed by atoms with Gasteiger partial charge in [0.1, 0.15) is 10.0 Å². The monoisotopic (exact) mass is 392 g/mol. The number of H-pyrrole nitrogens is 1. The van der Waals surface area contributed by atoms with Gasteiger partial charge in [-0.05, 0) is 36.6 Å². The molecule has 2 heterocycles. The molecule has 0 unspecified atom stereocenters. The highest BCUT2D eigenvalue weighted by molar-refractivity contribution is 7.91. The molecular weight excluding hydrogens is 372 g/mol. The standard InChI is InChI=1S/C17H20N4O3S2/c1-9(2)15(17-19-12-5-4-10(3)6-13(12)20-17)21-26(23,24)14-7-11(8-25-14)16(18)22/h4-9,15,21H,1-3H3,(H2,18,22)(H,19,20)/t15-/m0/s1. The summed E-state index contributed by atoms with van der Waals surface area (Å²) >= 11 is 0.959. The van der Waals surface area contributed by atoms with E-state index < -0.39 is 22.0 Å². The van der Waals surface area contributed by atoms with Crippen molar-refractivity contribution in [3.8, 4) is 0 Å². The average molecular weight is 393 g/mol. The molecule has 1 aromatic carbocycles. The second-order valence-electron chi connectivity index (χ2n) is 6.50. The maximum absolute atomic E-state index is 12.7. The third kappa shape index (κ3) is 3.64. The van der Waals surface area contributed by atoms with E-state index in [0.717, 1.165) is 27.9 Å². The molecule has 4 N–H and O–H groups in total. The van der Waals surface area contributed by atoms with Gasteiger partial charge in [0, 0.05) is 5.38 Å². The maximum Gasteiger partial charge on any atom is 0.250 e. The Kier molecular flexibility index (Phi) is 4.87. The van der Waals surface area contributed by atoms with Gasteiger partial charge in [-0.15, -0.1) is 11.3 Å². The lowest BCUT2D eigenvalue weighted by molar-refractivity contribution is 0.100. The number of thiophene rings is 1. The molecule has 1 amide bonds. The minimum Gasteiger partial charge on any atom is -0.366 e. The first-order chi connectivity index (χ1) is 12.2. The Labute approximate surface area is 155 Å². The smallest absolute Gasteiger partial charge is 0.250 e. The molecule has 0 saturated heterocycles. The second kappa shape index (κ2) is 6.82. The number of imidazole rings is 1. The van der Waals surface area contributed by atoms with E-state index in [1.807, 2.05) is 39.0 Å². The zero-order valence-electron chi connectivity index (χ0n) is 14.6. The first-order valence-electron chi connectivity index (χ1n) is 8.04. The van der Waals surface area contributed by atoms with Crippen molar-refractivity contribution in [2.45, 2.75) is 31.0 Å². The Morgan fingerprint density at radius 2 is 2.04 bits per heavy atom. The van der Waals surface area contributed by atoms with Crippen LogP contribution in [0.2, 0.25) is 0 Å². The molecule has 138 valence electrons. The molecule has 0 fully saturated rings. The maximum atomic E-state index is 12.7. The van der Waals surface area contributed by atoms with Gasteiger partial charge in [-0.25, -0.2) is 13.4 Å². The molecule has 0 bridgehead atoms. The number of nitrogens with two attached hydrogens (primary N) is 1. The van der Waals surface area contributed by atoms with Crippen molar-refractivity contribution in [2.75, 3.05) is 0 Å². The number of nitrogens with one attached hydrogen (secondary N) is 2. The Hall–Kier alpha value is -2.23. The van der Waals surface area contributed by atoms with E-state index in [-0.39, 0.29) is 15.7 Å². The van der Waals surface area contributed by atoms with E-state index in [1.54, 1.807) is 0 Å². The summed E-state index contributed by atoms with van der Waals surface area (Å²) in [6.45, 7) is 5.81. The average Bonchev–Trinajstić information content (AvgIpc) is 3.19. The van der Waals surface area contributed by atoms with E-state index in [1.165, 1.54) is 11.4 Å². The van der Waals surface area contributed by atoms with Gasteiger partial charge < -0.3 is 10.7 Å². The number of sulfonamides is 1. The number of aryl methyl sites for hydroxylation is 1. The zero-order valence-corrected chi connectivity index (χ0v) is 16.2. The van der Waals surface area contributed by atoms with Gasteiger partial charge in [0.2, 0.25) is 5.91 Å². The van der Waals surface area contributed by atoms with E-state index in [2.05, 4.69) is 14.7 Å². The number of aromatic amines is 1. The van der Waals surface area contributed by atoms with Crippen LogP contribution in [0.1, 0.15) is 41.6 Å². The number of benzene rings is 1. The van der Waals surface area contributed by atoms with Crippen LogP contribution >= 0.6 is 11.3 Å². The Morgan fingerprint density at radius 3 is 2.65 bits per heavy atom. The Morgan fingerprint density at radius 1 is 1.31 bits per heavy atom. The van der Waals surface area contributed by atoms with E-state index in [0.29, 0.717) is 5.82 Å². The number of carbonyl (C=O) groups excluding carboxylic acids is 1. The van der Waals surface area contributed by atoms with Crippen LogP contribution in [0, 0.1) is 12.8 Å². The van der Waals surface area contributed by atoms with E-state index >= 15 is 0 Å². The third-order valence-electron chi connectivity index (χ3n) is 4.02. The lowest BCUT2D eigenvalue weighted by atomic mass is 10.1.